The van der Waals surface area contributed by atoms with Crippen LogP contribution in [0.25, 0.3) is 0 Å². The van der Waals surface area contributed by atoms with Gasteiger partial charge in [0.2, 0.25) is 10.0 Å². The summed E-state index contributed by atoms with van der Waals surface area (Å²) in [5, 5.41) is 0.349. The number of rotatable bonds is 6. The smallest absolute Gasteiger partial charge is 0.242 e. The molecule has 0 aliphatic rings. The number of anilines is 1. The van der Waals surface area contributed by atoms with E-state index in [-0.39, 0.29) is 16.5 Å². The maximum Gasteiger partial charge on any atom is 0.242 e. The molecule has 3 N–H and O–H groups in total. The van der Waals surface area contributed by atoms with Crippen molar-refractivity contribution in [2.75, 3.05) is 24.3 Å². The molecule has 1 aromatic carbocycles. The highest BCUT2D eigenvalue weighted by atomic mass is 35.5. The molecular weight excluding hydrogens is 292 g/mol. The van der Waals surface area contributed by atoms with Crippen LogP contribution in [0.1, 0.15) is 6.92 Å². The number of hydrogen-bond acceptors (Lipinski definition) is 4. The zero-order valence-electron chi connectivity index (χ0n) is 10.3. The molecular formula is C11H17ClN2O2S2. The van der Waals surface area contributed by atoms with E-state index in [2.05, 4.69) is 4.72 Å². The van der Waals surface area contributed by atoms with Gasteiger partial charge in [0.05, 0.1) is 5.69 Å². The SMILES string of the molecule is CSCC(C)CNS(=O)(=O)c1cc(Cl)ccc1N. The molecule has 0 bridgehead atoms. The molecule has 1 aromatic rings. The van der Waals surface area contributed by atoms with E-state index in [1.165, 1.54) is 12.1 Å². The molecule has 1 atom stereocenters. The van der Waals surface area contributed by atoms with Crippen molar-refractivity contribution in [3.8, 4) is 0 Å². The highest BCUT2D eigenvalue weighted by Crippen LogP contribution is 2.22. The first kappa shape index (κ1) is 15.6. The lowest BCUT2D eigenvalue weighted by atomic mass is 10.2. The van der Waals surface area contributed by atoms with Gasteiger partial charge in [0.1, 0.15) is 4.90 Å². The van der Waals surface area contributed by atoms with Gasteiger partial charge in [0, 0.05) is 11.6 Å². The van der Waals surface area contributed by atoms with E-state index in [0.717, 1.165) is 5.75 Å². The predicted octanol–water partition coefficient (Wildman–Crippen LogP) is 2.20. The van der Waals surface area contributed by atoms with Crippen LogP contribution >= 0.6 is 23.4 Å². The van der Waals surface area contributed by atoms with Crippen molar-refractivity contribution in [1.82, 2.24) is 4.72 Å². The summed E-state index contributed by atoms with van der Waals surface area (Å²) in [5.41, 5.74) is 5.86. The zero-order valence-corrected chi connectivity index (χ0v) is 12.7. The first-order chi connectivity index (χ1) is 8.36. The van der Waals surface area contributed by atoms with Crippen molar-refractivity contribution in [2.24, 2.45) is 5.92 Å². The van der Waals surface area contributed by atoms with Gasteiger partial charge in [-0.05, 0) is 36.1 Å². The minimum atomic E-state index is -3.60. The average Bonchev–Trinajstić information content (AvgIpc) is 2.30. The lowest BCUT2D eigenvalue weighted by Gasteiger charge is -2.13. The normalized spacial score (nSPS) is 13.5. The molecule has 0 heterocycles. The second kappa shape index (κ2) is 6.65. The molecule has 0 saturated heterocycles. The van der Waals surface area contributed by atoms with Crippen LogP contribution in [0.5, 0.6) is 0 Å². The second-order valence-corrected chi connectivity index (χ2v) is 7.18. The van der Waals surface area contributed by atoms with Crippen molar-refractivity contribution in [3.63, 3.8) is 0 Å². The number of sulfonamides is 1. The van der Waals surface area contributed by atoms with E-state index < -0.39 is 10.0 Å². The van der Waals surface area contributed by atoms with Gasteiger partial charge in [-0.2, -0.15) is 11.8 Å². The lowest BCUT2D eigenvalue weighted by Crippen LogP contribution is -2.29. The third kappa shape index (κ3) is 4.35. The summed E-state index contributed by atoms with van der Waals surface area (Å²) in [6.45, 7) is 2.37. The van der Waals surface area contributed by atoms with Gasteiger partial charge in [-0.1, -0.05) is 18.5 Å². The minimum absolute atomic E-state index is 0.0337. The number of benzene rings is 1. The van der Waals surface area contributed by atoms with Gasteiger partial charge in [-0.25, -0.2) is 13.1 Å². The van der Waals surface area contributed by atoms with E-state index in [0.29, 0.717) is 11.6 Å². The van der Waals surface area contributed by atoms with Crippen molar-refractivity contribution < 1.29 is 8.42 Å². The molecule has 0 spiro atoms. The largest absolute Gasteiger partial charge is 0.398 e. The van der Waals surface area contributed by atoms with Crippen LogP contribution in [0.2, 0.25) is 5.02 Å². The zero-order chi connectivity index (χ0) is 13.8. The van der Waals surface area contributed by atoms with Crippen molar-refractivity contribution in [3.05, 3.63) is 23.2 Å². The Bertz CT molecular complexity index is 506. The first-order valence-corrected chi connectivity index (χ1v) is 8.66. The van der Waals surface area contributed by atoms with E-state index >= 15 is 0 Å². The van der Waals surface area contributed by atoms with Crippen LogP contribution in [0.3, 0.4) is 0 Å². The van der Waals surface area contributed by atoms with Crippen LogP contribution in [-0.2, 0) is 10.0 Å². The average molecular weight is 309 g/mol. The number of thioether (sulfide) groups is 1. The van der Waals surface area contributed by atoms with Crippen LogP contribution in [0.4, 0.5) is 5.69 Å². The summed E-state index contributed by atoms with van der Waals surface area (Å²) in [6.07, 6.45) is 1.99. The quantitative estimate of drug-likeness (QED) is 0.790. The Morgan fingerprint density at radius 1 is 1.50 bits per heavy atom. The number of hydrogen-bond donors (Lipinski definition) is 2. The molecule has 7 heteroatoms. The third-order valence-electron chi connectivity index (χ3n) is 2.34. The fourth-order valence-electron chi connectivity index (χ4n) is 1.41. The fraction of sp³-hybridized carbons (Fsp3) is 0.455. The summed E-state index contributed by atoms with van der Waals surface area (Å²) < 4.78 is 26.7. The molecule has 0 aliphatic carbocycles. The van der Waals surface area contributed by atoms with E-state index in [1.54, 1.807) is 17.8 Å². The summed E-state index contributed by atoms with van der Waals surface area (Å²) in [4.78, 5) is 0.0337. The molecule has 102 valence electrons. The van der Waals surface area contributed by atoms with Gasteiger partial charge >= 0.3 is 0 Å². The third-order valence-corrected chi connectivity index (χ3v) is 4.95. The Labute approximate surface area is 117 Å². The standard InChI is InChI=1S/C11H17ClN2O2S2/c1-8(7-17-2)6-14-18(15,16)11-5-9(12)3-4-10(11)13/h3-5,8,14H,6-7,13H2,1-2H3. The predicted molar refractivity (Wildman–Crippen MR) is 78.6 cm³/mol. The molecule has 1 rings (SSSR count). The van der Waals surface area contributed by atoms with Crippen LogP contribution in [-0.4, -0.2) is 27.0 Å². The van der Waals surface area contributed by atoms with Gasteiger partial charge in [-0.3, -0.25) is 0 Å². The summed E-state index contributed by atoms with van der Waals surface area (Å²) in [7, 11) is -3.60. The Morgan fingerprint density at radius 3 is 2.78 bits per heavy atom. The Kier molecular flexibility index (Phi) is 5.78. The lowest BCUT2D eigenvalue weighted by molar-refractivity contribution is 0.563. The number of nitrogens with two attached hydrogens (primary N) is 1. The highest BCUT2D eigenvalue weighted by molar-refractivity contribution is 7.98. The Morgan fingerprint density at radius 2 is 2.17 bits per heavy atom. The molecule has 4 nitrogen and oxygen atoms in total. The number of nitrogen functional groups attached to an aromatic ring is 1. The summed E-state index contributed by atoms with van der Waals surface area (Å²) in [6, 6.07) is 4.41. The molecule has 0 amide bonds. The number of nitrogens with one attached hydrogen (secondary N) is 1. The van der Waals surface area contributed by atoms with Crippen LogP contribution in [0.15, 0.2) is 23.1 Å². The minimum Gasteiger partial charge on any atom is -0.398 e. The molecule has 1 unspecified atom stereocenters. The molecule has 0 radical (unpaired) electrons. The van der Waals surface area contributed by atoms with Gasteiger partial charge < -0.3 is 5.73 Å². The first-order valence-electron chi connectivity index (χ1n) is 5.40. The number of halogens is 1. The van der Waals surface area contributed by atoms with Gasteiger partial charge in [0.15, 0.2) is 0 Å². The van der Waals surface area contributed by atoms with E-state index in [9.17, 15) is 8.42 Å². The molecule has 0 saturated carbocycles. The van der Waals surface area contributed by atoms with E-state index in [1.807, 2.05) is 13.2 Å². The molecule has 0 aromatic heterocycles. The molecule has 18 heavy (non-hydrogen) atoms. The van der Waals surface area contributed by atoms with Gasteiger partial charge in [0.25, 0.3) is 0 Å². The maximum absolute atomic E-state index is 12.1. The van der Waals surface area contributed by atoms with Crippen molar-refractivity contribution >= 4 is 39.1 Å². The summed E-state index contributed by atoms with van der Waals surface area (Å²) >= 11 is 7.47. The van der Waals surface area contributed by atoms with Gasteiger partial charge in [-0.15, -0.1) is 0 Å². The second-order valence-electron chi connectivity index (χ2n) is 4.09. The van der Waals surface area contributed by atoms with Crippen molar-refractivity contribution in [1.29, 1.82) is 0 Å². The Balaban J connectivity index is 2.83. The fourth-order valence-corrected chi connectivity index (χ4v) is 3.66. The van der Waals surface area contributed by atoms with Crippen LogP contribution in [0, 0.1) is 5.92 Å². The topological polar surface area (TPSA) is 72.2 Å². The molecule has 0 aliphatic heterocycles. The maximum atomic E-state index is 12.1. The highest BCUT2D eigenvalue weighted by Gasteiger charge is 2.18. The Hall–Kier alpha value is -0.430. The summed E-state index contributed by atoms with van der Waals surface area (Å²) in [5.74, 6) is 1.16. The monoisotopic (exact) mass is 308 g/mol. The van der Waals surface area contributed by atoms with Crippen LogP contribution < -0.4 is 10.5 Å². The van der Waals surface area contributed by atoms with E-state index in [4.69, 9.17) is 17.3 Å². The molecule has 0 fully saturated rings. The van der Waals surface area contributed by atoms with Crippen molar-refractivity contribution in [2.45, 2.75) is 11.8 Å².